The van der Waals surface area contributed by atoms with Crippen LogP contribution < -0.4 is 10.3 Å². The highest BCUT2D eigenvalue weighted by molar-refractivity contribution is 5.81. The van der Waals surface area contributed by atoms with E-state index in [0.29, 0.717) is 18.8 Å². The van der Waals surface area contributed by atoms with Crippen LogP contribution in [0.3, 0.4) is 0 Å². The molecule has 1 aromatic rings. The number of hydrogen-bond donors (Lipinski definition) is 0. The van der Waals surface area contributed by atoms with E-state index in [2.05, 4.69) is 0 Å². The van der Waals surface area contributed by atoms with Crippen LogP contribution in [0.2, 0.25) is 0 Å². The molecule has 2 fully saturated rings. The molecule has 2 heterocycles. The molecule has 0 radical (unpaired) electrons. The van der Waals surface area contributed by atoms with Gasteiger partial charge in [-0.3, -0.25) is 9.59 Å². The number of carbonyl (C=O) groups is 1. The smallest absolute Gasteiger partial charge is 0.254 e. The minimum absolute atomic E-state index is 0.0224. The van der Waals surface area contributed by atoms with Crippen LogP contribution >= 0.6 is 0 Å². The molecular weight excluding hydrogens is 244 g/mol. The van der Waals surface area contributed by atoms with E-state index in [9.17, 15) is 9.59 Å². The van der Waals surface area contributed by atoms with Gasteiger partial charge in [-0.25, -0.2) is 0 Å². The summed E-state index contributed by atoms with van der Waals surface area (Å²) in [4.78, 5) is 25.2. The van der Waals surface area contributed by atoms with Crippen molar-refractivity contribution in [3.63, 3.8) is 0 Å². The predicted octanol–water partition coefficient (Wildman–Crippen LogP) is 0.693. The molecule has 0 spiro atoms. The van der Waals surface area contributed by atoms with Crippen molar-refractivity contribution >= 4 is 5.91 Å². The first kappa shape index (κ1) is 12.3. The third-order valence-electron chi connectivity index (χ3n) is 3.87. The molecule has 0 bridgehead atoms. The van der Waals surface area contributed by atoms with Crippen molar-refractivity contribution in [3.05, 3.63) is 28.2 Å². The molecule has 1 amide bonds. The number of amides is 1. The molecule has 1 aliphatic heterocycles. The van der Waals surface area contributed by atoms with Crippen molar-refractivity contribution in [3.8, 4) is 5.75 Å². The summed E-state index contributed by atoms with van der Waals surface area (Å²) in [7, 11) is 1.74. The topological polar surface area (TPSA) is 51.5 Å². The lowest BCUT2D eigenvalue weighted by Gasteiger charge is -2.39. The maximum Gasteiger partial charge on any atom is 0.254 e. The number of carbonyl (C=O) groups excluding carboxylic acids is 1. The molecule has 2 aliphatic rings. The van der Waals surface area contributed by atoms with Gasteiger partial charge in [0.15, 0.2) is 0 Å². The highest BCUT2D eigenvalue weighted by Gasteiger charge is 2.40. The maximum absolute atomic E-state index is 11.8. The Morgan fingerprint density at radius 1 is 1.32 bits per heavy atom. The number of pyridine rings is 1. The number of hydrogen-bond acceptors (Lipinski definition) is 3. The molecular formula is C14H18N2O3. The second-order valence-electron chi connectivity index (χ2n) is 5.49. The minimum atomic E-state index is -0.0692. The maximum atomic E-state index is 11.8. The molecule has 1 saturated carbocycles. The van der Waals surface area contributed by atoms with Gasteiger partial charge in [0.1, 0.15) is 11.9 Å². The number of aryl methyl sites for hydroxylation is 1. The monoisotopic (exact) mass is 262 g/mol. The van der Waals surface area contributed by atoms with E-state index in [-0.39, 0.29) is 23.5 Å². The Hall–Kier alpha value is -1.78. The van der Waals surface area contributed by atoms with Gasteiger partial charge >= 0.3 is 0 Å². The first-order chi connectivity index (χ1) is 9.04. The molecule has 1 aliphatic carbocycles. The fourth-order valence-electron chi connectivity index (χ4n) is 2.28. The van der Waals surface area contributed by atoms with Gasteiger partial charge in [0.2, 0.25) is 5.91 Å². The van der Waals surface area contributed by atoms with Crippen LogP contribution in [0.25, 0.3) is 0 Å². The van der Waals surface area contributed by atoms with E-state index in [4.69, 9.17) is 4.74 Å². The van der Waals surface area contributed by atoms with Gasteiger partial charge in [0.25, 0.3) is 5.56 Å². The number of aromatic nitrogens is 1. The molecule has 19 heavy (non-hydrogen) atoms. The summed E-state index contributed by atoms with van der Waals surface area (Å²) < 4.78 is 7.32. The predicted molar refractivity (Wildman–Crippen MR) is 70.1 cm³/mol. The molecule has 3 rings (SSSR count). The van der Waals surface area contributed by atoms with E-state index >= 15 is 0 Å². The zero-order valence-corrected chi connectivity index (χ0v) is 11.3. The average molecular weight is 262 g/mol. The first-order valence-electron chi connectivity index (χ1n) is 6.67. The van der Waals surface area contributed by atoms with E-state index in [1.54, 1.807) is 11.6 Å². The standard InChI is InChI=1S/C14H18N2O3/c1-9-5-11(6-13(17)15(9)2)19-12-7-16(8-12)14(18)10-3-4-10/h5-6,10,12H,3-4,7-8H2,1-2H3. The van der Waals surface area contributed by atoms with Gasteiger partial charge in [0.05, 0.1) is 13.1 Å². The van der Waals surface area contributed by atoms with E-state index in [1.165, 1.54) is 6.07 Å². The second-order valence-corrected chi connectivity index (χ2v) is 5.49. The van der Waals surface area contributed by atoms with Gasteiger partial charge in [-0.1, -0.05) is 0 Å². The van der Waals surface area contributed by atoms with Gasteiger partial charge in [-0.2, -0.15) is 0 Å². The number of likely N-dealkylation sites (tertiary alicyclic amines) is 1. The number of ether oxygens (including phenoxy) is 1. The molecule has 5 nitrogen and oxygen atoms in total. The molecule has 1 aromatic heterocycles. The number of rotatable bonds is 3. The second kappa shape index (κ2) is 4.40. The normalized spacial score (nSPS) is 19.2. The Morgan fingerprint density at radius 3 is 2.58 bits per heavy atom. The molecule has 0 atom stereocenters. The van der Waals surface area contributed by atoms with Crippen LogP contribution in [0.15, 0.2) is 16.9 Å². The van der Waals surface area contributed by atoms with E-state index in [1.807, 2.05) is 17.9 Å². The zero-order chi connectivity index (χ0) is 13.6. The summed E-state index contributed by atoms with van der Waals surface area (Å²) in [6.07, 6.45) is 2.10. The lowest BCUT2D eigenvalue weighted by Crippen LogP contribution is -2.56. The van der Waals surface area contributed by atoms with E-state index < -0.39 is 0 Å². The third-order valence-corrected chi connectivity index (χ3v) is 3.87. The van der Waals surface area contributed by atoms with Crippen molar-refractivity contribution in [2.45, 2.75) is 25.9 Å². The van der Waals surface area contributed by atoms with Crippen molar-refractivity contribution in [2.75, 3.05) is 13.1 Å². The van der Waals surface area contributed by atoms with Gasteiger partial charge < -0.3 is 14.2 Å². The summed E-state index contributed by atoms with van der Waals surface area (Å²) in [6.45, 7) is 3.16. The Bertz CT molecular complexity index is 569. The molecule has 1 saturated heterocycles. The zero-order valence-electron chi connectivity index (χ0n) is 11.3. The summed E-state index contributed by atoms with van der Waals surface area (Å²) >= 11 is 0. The number of nitrogens with zero attached hydrogens (tertiary/aromatic N) is 2. The Morgan fingerprint density at radius 2 is 2.00 bits per heavy atom. The van der Waals surface area contributed by atoms with Crippen LogP contribution in [0, 0.1) is 12.8 Å². The summed E-state index contributed by atoms with van der Waals surface area (Å²) in [6, 6.07) is 3.35. The largest absolute Gasteiger partial charge is 0.486 e. The molecule has 0 unspecified atom stereocenters. The van der Waals surface area contributed by atoms with Crippen molar-refractivity contribution in [2.24, 2.45) is 13.0 Å². The molecule has 0 aromatic carbocycles. The first-order valence-corrected chi connectivity index (χ1v) is 6.67. The van der Waals surface area contributed by atoms with Crippen molar-refractivity contribution in [1.82, 2.24) is 9.47 Å². The van der Waals surface area contributed by atoms with Crippen LogP contribution in [0.4, 0.5) is 0 Å². The highest BCUT2D eigenvalue weighted by atomic mass is 16.5. The minimum Gasteiger partial charge on any atom is -0.486 e. The third kappa shape index (κ3) is 2.37. The Kier molecular flexibility index (Phi) is 2.84. The van der Waals surface area contributed by atoms with Crippen LogP contribution in [-0.4, -0.2) is 34.6 Å². The molecule has 102 valence electrons. The average Bonchev–Trinajstić information content (AvgIpc) is 3.13. The van der Waals surface area contributed by atoms with Gasteiger partial charge in [0, 0.05) is 24.7 Å². The molecule has 5 heteroatoms. The van der Waals surface area contributed by atoms with Crippen LogP contribution in [0.1, 0.15) is 18.5 Å². The van der Waals surface area contributed by atoms with Crippen molar-refractivity contribution < 1.29 is 9.53 Å². The highest BCUT2D eigenvalue weighted by Crippen LogP contribution is 2.32. The van der Waals surface area contributed by atoms with Gasteiger partial charge in [-0.05, 0) is 25.8 Å². The summed E-state index contributed by atoms with van der Waals surface area (Å²) in [5, 5.41) is 0. The Labute approximate surface area is 111 Å². The fourth-order valence-corrected chi connectivity index (χ4v) is 2.28. The summed E-state index contributed by atoms with van der Waals surface area (Å²) in [5.74, 6) is 1.14. The van der Waals surface area contributed by atoms with E-state index in [0.717, 1.165) is 18.5 Å². The van der Waals surface area contributed by atoms with Gasteiger partial charge in [-0.15, -0.1) is 0 Å². The molecule has 0 N–H and O–H groups in total. The SMILES string of the molecule is Cc1cc(OC2CN(C(=O)C3CC3)C2)cc(=O)n1C. The summed E-state index contributed by atoms with van der Waals surface area (Å²) in [5.41, 5.74) is 0.799. The lowest BCUT2D eigenvalue weighted by atomic mass is 10.1. The quantitative estimate of drug-likeness (QED) is 0.805. The van der Waals surface area contributed by atoms with Crippen molar-refractivity contribution in [1.29, 1.82) is 0 Å². The van der Waals surface area contributed by atoms with Crippen LogP contribution in [-0.2, 0) is 11.8 Å². The Balaban J connectivity index is 1.59. The van der Waals surface area contributed by atoms with Crippen LogP contribution in [0.5, 0.6) is 5.75 Å². The fraction of sp³-hybridized carbons (Fsp3) is 0.571. The lowest BCUT2D eigenvalue weighted by molar-refractivity contribution is -0.141.